The maximum atomic E-state index is 6.29. The minimum atomic E-state index is 0. The second kappa shape index (κ2) is 12.1. The van der Waals surface area contributed by atoms with E-state index in [1.807, 2.05) is 0 Å². The summed E-state index contributed by atoms with van der Waals surface area (Å²) in [4.78, 5) is 4.98. The third-order valence-electron chi connectivity index (χ3n) is 5.95. The molecular formula is C21H35Cl2N3O3. The Morgan fingerprint density at radius 3 is 2.55 bits per heavy atom. The first-order valence-corrected chi connectivity index (χ1v) is 10.4. The van der Waals surface area contributed by atoms with Crippen LogP contribution in [0.2, 0.25) is 0 Å². The van der Waals surface area contributed by atoms with Crippen LogP contribution in [-0.2, 0) is 4.74 Å². The normalized spacial score (nSPS) is 23.2. The second-order valence-corrected chi connectivity index (χ2v) is 7.87. The summed E-state index contributed by atoms with van der Waals surface area (Å²) in [6.07, 6.45) is 5.19. The van der Waals surface area contributed by atoms with Crippen molar-refractivity contribution in [3.8, 4) is 11.5 Å². The predicted octanol–water partition coefficient (Wildman–Crippen LogP) is 2.97. The van der Waals surface area contributed by atoms with Crippen LogP contribution in [0.5, 0.6) is 11.5 Å². The highest BCUT2D eigenvalue weighted by atomic mass is 35.5. The Bertz CT molecular complexity index is 611. The molecule has 1 N–H and O–H groups in total. The molecule has 0 aromatic heterocycles. The monoisotopic (exact) mass is 447 g/mol. The first-order chi connectivity index (χ1) is 13.3. The van der Waals surface area contributed by atoms with Crippen molar-refractivity contribution in [2.75, 3.05) is 64.5 Å². The molecule has 0 bridgehead atoms. The Balaban J connectivity index is 0.00000150. The summed E-state index contributed by atoms with van der Waals surface area (Å²) >= 11 is 0. The predicted molar refractivity (Wildman–Crippen MR) is 122 cm³/mol. The van der Waals surface area contributed by atoms with E-state index in [1.165, 1.54) is 18.5 Å². The molecule has 6 nitrogen and oxygen atoms in total. The van der Waals surface area contributed by atoms with Gasteiger partial charge in [0, 0.05) is 57.1 Å². The van der Waals surface area contributed by atoms with Gasteiger partial charge in [0.2, 0.25) is 0 Å². The van der Waals surface area contributed by atoms with Crippen LogP contribution in [0, 0.1) is 0 Å². The van der Waals surface area contributed by atoms with E-state index in [4.69, 9.17) is 14.2 Å². The van der Waals surface area contributed by atoms with Gasteiger partial charge < -0.3 is 24.4 Å². The van der Waals surface area contributed by atoms with E-state index in [0.717, 1.165) is 76.8 Å². The smallest absolute Gasteiger partial charge is 0.163 e. The zero-order chi connectivity index (χ0) is 18.5. The summed E-state index contributed by atoms with van der Waals surface area (Å²) in [6, 6.07) is 6.88. The number of hydrogen-bond acceptors (Lipinski definition) is 6. The number of morpholine rings is 1. The van der Waals surface area contributed by atoms with Gasteiger partial charge in [0.05, 0.1) is 26.4 Å². The molecule has 1 saturated carbocycles. The molecule has 4 rings (SSSR count). The molecule has 3 fully saturated rings. The molecule has 0 radical (unpaired) electrons. The van der Waals surface area contributed by atoms with Crippen molar-refractivity contribution in [1.82, 2.24) is 10.2 Å². The fraction of sp³-hybridized carbons (Fsp3) is 0.714. The van der Waals surface area contributed by atoms with E-state index in [0.29, 0.717) is 12.1 Å². The van der Waals surface area contributed by atoms with Gasteiger partial charge in [-0.25, -0.2) is 0 Å². The van der Waals surface area contributed by atoms with Gasteiger partial charge in [-0.05, 0) is 37.8 Å². The lowest BCUT2D eigenvalue weighted by Gasteiger charge is -2.38. The Labute approximate surface area is 187 Å². The highest BCUT2D eigenvalue weighted by Crippen LogP contribution is 2.35. The van der Waals surface area contributed by atoms with Crippen LogP contribution in [0.3, 0.4) is 0 Å². The zero-order valence-electron chi connectivity index (χ0n) is 17.3. The number of piperazine rings is 1. The first kappa shape index (κ1) is 24.4. The molecule has 2 saturated heterocycles. The number of halogens is 2. The highest BCUT2D eigenvalue weighted by Gasteiger charge is 2.24. The maximum Gasteiger partial charge on any atom is 0.163 e. The Hall–Kier alpha value is -0.920. The molecular weight excluding hydrogens is 413 g/mol. The number of methoxy groups -OCH3 is 1. The molecule has 166 valence electrons. The lowest BCUT2D eigenvalue weighted by atomic mass is 10.1. The molecule has 3 aliphatic rings. The first-order valence-electron chi connectivity index (χ1n) is 10.4. The van der Waals surface area contributed by atoms with Gasteiger partial charge in [0.15, 0.2) is 11.5 Å². The number of hydrogen-bond donors (Lipinski definition) is 1. The van der Waals surface area contributed by atoms with E-state index in [9.17, 15) is 0 Å². The van der Waals surface area contributed by atoms with E-state index in [-0.39, 0.29) is 24.8 Å². The lowest BCUT2D eigenvalue weighted by molar-refractivity contribution is 0.0334. The van der Waals surface area contributed by atoms with Crippen molar-refractivity contribution in [2.24, 2.45) is 0 Å². The summed E-state index contributed by atoms with van der Waals surface area (Å²) in [7, 11) is 1.72. The summed E-state index contributed by atoms with van der Waals surface area (Å²) in [6.45, 7) is 7.94. The van der Waals surface area contributed by atoms with Crippen molar-refractivity contribution in [2.45, 2.75) is 37.8 Å². The largest absolute Gasteiger partial charge is 0.493 e. The number of benzene rings is 1. The van der Waals surface area contributed by atoms with Crippen molar-refractivity contribution in [3.63, 3.8) is 0 Å². The minimum absolute atomic E-state index is 0. The molecule has 1 aromatic carbocycles. The van der Waals surface area contributed by atoms with Crippen molar-refractivity contribution in [1.29, 1.82) is 0 Å². The molecule has 1 aromatic rings. The lowest BCUT2D eigenvalue weighted by Crippen LogP contribution is -2.56. The van der Waals surface area contributed by atoms with Gasteiger partial charge in [-0.3, -0.25) is 4.90 Å². The fourth-order valence-electron chi connectivity index (χ4n) is 4.42. The molecule has 1 aliphatic carbocycles. The quantitative estimate of drug-likeness (QED) is 0.722. The third-order valence-corrected chi connectivity index (χ3v) is 5.95. The second-order valence-electron chi connectivity index (χ2n) is 7.87. The topological polar surface area (TPSA) is 46.2 Å². The minimum Gasteiger partial charge on any atom is -0.493 e. The van der Waals surface area contributed by atoms with Crippen LogP contribution in [0.1, 0.15) is 25.7 Å². The van der Waals surface area contributed by atoms with Crippen LogP contribution in [0.4, 0.5) is 5.69 Å². The summed E-state index contributed by atoms with van der Waals surface area (Å²) < 4.78 is 17.3. The molecule has 0 unspecified atom stereocenters. The number of nitrogens with zero attached hydrogens (tertiary/aromatic N) is 2. The van der Waals surface area contributed by atoms with E-state index >= 15 is 0 Å². The number of ether oxygens (including phenoxy) is 3. The van der Waals surface area contributed by atoms with Gasteiger partial charge in [-0.15, -0.1) is 24.8 Å². The number of rotatable bonds is 6. The molecule has 0 amide bonds. The standard InChI is InChI=1S/C21H33N3O3.2ClH/c1-25-20-7-6-18(14-21(20)27-19-4-2-3-5-19)24-9-8-22-17(16-24)15-23-10-12-26-13-11-23;;/h6-7,14,17,19,22H,2-5,8-13,15-16H2,1H3;2*1H/t17-;;/m0../s1. The SMILES string of the molecule is COc1ccc(N2CCN[C@@H](CN3CCOCC3)C2)cc1OC1CCCC1.Cl.Cl. The summed E-state index contributed by atoms with van der Waals surface area (Å²) in [5.41, 5.74) is 1.23. The van der Waals surface area contributed by atoms with Gasteiger partial charge in [0.1, 0.15) is 0 Å². The molecule has 2 aliphatic heterocycles. The van der Waals surface area contributed by atoms with Crippen LogP contribution in [0.15, 0.2) is 18.2 Å². The van der Waals surface area contributed by atoms with E-state index < -0.39 is 0 Å². The van der Waals surface area contributed by atoms with E-state index in [1.54, 1.807) is 7.11 Å². The van der Waals surface area contributed by atoms with Crippen LogP contribution in [0.25, 0.3) is 0 Å². The van der Waals surface area contributed by atoms with E-state index in [2.05, 4.69) is 33.3 Å². The van der Waals surface area contributed by atoms with Gasteiger partial charge in [0.25, 0.3) is 0 Å². The van der Waals surface area contributed by atoms with Gasteiger partial charge in [-0.1, -0.05) is 0 Å². The Morgan fingerprint density at radius 1 is 1.07 bits per heavy atom. The van der Waals surface area contributed by atoms with Crippen molar-refractivity contribution in [3.05, 3.63) is 18.2 Å². The molecule has 1 atom stereocenters. The number of anilines is 1. The zero-order valence-corrected chi connectivity index (χ0v) is 18.9. The van der Waals surface area contributed by atoms with Crippen molar-refractivity contribution < 1.29 is 14.2 Å². The Kier molecular flexibility index (Phi) is 10.1. The summed E-state index contributed by atoms with van der Waals surface area (Å²) in [5, 5.41) is 3.68. The summed E-state index contributed by atoms with van der Waals surface area (Å²) in [5.74, 6) is 1.73. The van der Waals surface area contributed by atoms with Gasteiger partial charge in [-0.2, -0.15) is 0 Å². The van der Waals surface area contributed by atoms with Crippen LogP contribution >= 0.6 is 24.8 Å². The molecule has 2 heterocycles. The Morgan fingerprint density at radius 2 is 1.83 bits per heavy atom. The van der Waals surface area contributed by atoms with Crippen molar-refractivity contribution >= 4 is 30.5 Å². The maximum absolute atomic E-state index is 6.29. The third kappa shape index (κ3) is 6.53. The molecule has 0 spiro atoms. The molecule has 29 heavy (non-hydrogen) atoms. The average molecular weight is 448 g/mol. The fourth-order valence-corrected chi connectivity index (χ4v) is 4.42. The number of nitrogens with one attached hydrogen (secondary N) is 1. The highest BCUT2D eigenvalue weighted by molar-refractivity contribution is 5.85. The van der Waals surface area contributed by atoms with Gasteiger partial charge >= 0.3 is 0 Å². The molecule has 8 heteroatoms. The van der Waals surface area contributed by atoms with Crippen LogP contribution in [-0.4, -0.2) is 76.6 Å². The van der Waals surface area contributed by atoms with Crippen LogP contribution < -0.4 is 19.7 Å². The average Bonchev–Trinajstić information content (AvgIpc) is 3.22.